The Morgan fingerprint density at radius 1 is 0.941 bits per heavy atom. The lowest BCUT2D eigenvalue weighted by molar-refractivity contribution is 0.700. The van der Waals surface area contributed by atoms with E-state index in [0.29, 0.717) is 0 Å². The van der Waals surface area contributed by atoms with Gasteiger partial charge in [0.25, 0.3) is 0 Å². The van der Waals surface area contributed by atoms with E-state index in [1.54, 1.807) is 0 Å². The van der Waals surface area contributed by atoms with Crippen LogP contribution in [0.4, 0.5) is 0 Å². The molecule has 90 valence electrons. The van der Waals surface area contributed by atoms with E-state index in [1.165, 1.54) is 26.4 Å². The van der Waals surface area contributed by atoms with Gasteiger partial charge in [-0.25, -0.2) is 0 Å². The van der Waals surface area contributed by atoms with Crippen LogP contribution in [0.15, 0.2) is 30.3 Å². The maximum Gasteiger partial charge on any atom is 0.0303 e. The molecule has 0 aliphatic heterocycles. The fourth-order valence-corrected chi connectivity index (χ4v) is 2.94. The van der Waals surface area contributed by atoms with Gasteiger partial charge in [-0.2, -0.15) is 0 Å². The van der Waals surface area contributed by atoms with Crippen molar-refractivity contribution in [3.05, 3.63) is 56.8 Å². The van der Waals surface area contributed by atoms with Crippen molar-refractivity contribution in [2.24, 2.45) is 0 Å². The van der Waals surface area contributed by atoms with E-state index >= 15 is 0 Å². The van der Waals surface area contributed by atoms with E-state index in [1.807, 2.05) is 11.3 Å². The normalized spacial score (nSPS) is 10.8. The van der Waals surface area contributed by atoms with Crippen molar-refractivity contribution in [3.63, 3.8) is 0 Å². The van der Waals surface area contributed by atoms with Crippen LogP contribution in [0.1, 0.15) is 26.4 Å². The van der Waals surface area contributed by atoms with Gasteiger partial charge in [0.2, 0.25) is 0 Å². The van der Waals surface area contributed by atoms with Gasteiger partial charge in [-0.15, -0.1) is 11.3 Å². The summed E-state index contributed by atoms with van der Waals surface area (Å²) in [6.45, 7) is 8.36. The van der Waals surface area contributed by atoms with Crippen LogP contribution in [0.3, 0.4) is 0 Å². The minimum atomic E-state index is 0.944. The summed E-state index contributed by atoms with van der Waals surface area (Å²) in [7, 11) is 0. The summed E-state index contributed by atoms with van der Waals surface area (Å²) in [5, 5.41) is 3.50. The molecule has 1 N–H and O–H groups in total. The van der Waals surface area contributed by atoms with E-state index in [4.69, 9.17) is 0 Å². The summed E-state index contributed by atoms with van der Waals surface area (Å²) in [6, 6.07) is 11.1. The quantitative estimate of drug-likeness (QED) is 0.859. The van der Waals surface area contributed by atoms with E-state index in [-0.39, 0.29) is 0 Å². The van der Waals surface area contributed by atoms with Crippen molar-refractivity contribution in [1.29, 1.82) is 0 Å². The SMILES string of the molecule is Cc1cc(C)cc(CNCc2ccc(C)s2)c1. The van der Waals surface area contributed by atoms with Crippen LogP contribution in [-0.2, 0) is 13.1 Å². The average molecular weight is 245 g/mol. The first-order chi connectivity index (χ1) is 8.13. The summed E-state index contributed by atoms with van der Waals surface area (Å²) in [6.07, 6.45) is 0. The van der Waals surface area contributed by atoms with Crippen molar-refractivity contribution in [3.8, 4) is 0 Å². The first kappa shape index (κ1) is 12.3. The zero-order valence-electron chi connectivity index (χ0n) is 10.7. The number of nitrogens with one attached hydrogen (secondary N) is 1. The van der Waals surface area contributed by atoms with Crippen molar-refractivity contribution in [1.82, 2.24) is 5.32 Å². The van der Waals surface area contributed by atoms with Gasteiger partial charge in [0.15, 0.2) is 0 Å². The first-order valence-electron chi connectivity index (χ1n) is 5.97. The minimum absolute atomic E-state index is 0.944. The molecule has 2 rings (SSSR count). The average Bonchev–Trinajstić information content (AvgIpc) is 2.63. The summed E-state index contributed by atoms with van der Waals surface area (Å²) < 4.78 is 0. The van der Waals surface area contributed by atoms with Gasteiger partial charge >= 0.3 is 0 Å². The maximum atomic E-state index is 3.50. The molecule has 0 saturated carbocycles. The van der Waals surface area contributed by atoms with Gasteiger partial charge in [0.05, 0.1) is 0 Å². The topological polar surface area (TPSA) is 12.0 Å². The predicted molar refractivity (Wildman–Crippen MR) is 75.5 cm³/mol. The molecule has 1 heterocycles. The maximum absolute atomic E-state index is 3.50. The van der Waals surface area contributed by atoms with E-state index in [9.17, 15) is 0 Å². The molecule has 0 atom stereocenters. The molecule has 17 heavy (non-hydrogen) atoms. The largest absolute Gasteiger partial charge is 0.308 e. The van der Waals surface area contributed by atoms with Gasteiger partial charge < -0.3 is 5.32 Å². The molecule has 0 aliphatic carbocycles. The minimum Gasteiger partial charge on any atom is -0.308 e. The molecule has 0 unspecified atom stereocenters. The Balaban J connectivity index is 1.89. The Hall–Kier alpha value is -1.12. The number of hydrogen-bond donors (Lipinski definition) is 1. The lowest BCUT2D eigenvalue weighted by Gasteiger charge is -2.06. The molecule has 0 spiro atoms. The Labute approximate surface area is 108 Å². The lowest BCUT2D eigenvalue weighted by atomic mass is 10.1. The molecule has 1 nitrogen and oxygen atoms in total. The summed E-state index contributed by atoms with van der Waals surface area (Å²) >= 11 is 1.87. The number of rotatable bonds is 4. The number of thiophene rings is 1. The second-order valence-electron chi connectivity index (χ2n) is 4.61. The zero-order valence-corrected chi connectivity index (χ0v) is 11.5. The third-order valence-corrected chi connectivity index (χ3v) is 3.71. The van der Waals surface area contributed by atoms with Crippen LogP contribution in [0.2, 0.25) is 0 Å². The molecule has 0 bridgehead atoms. The van der Waals surface area contributed by atoms with Crippen LogP contribution >= 0.6 is 11.3 Å². The Bertz CT molecular complexity index is 479. The van der Waals surface area contributed by atoms with E-state index < -0.39 is 0 Å². The molecule has 1 aromatic heterocycles. The highest BCUT2D eigenvalue weighted by atomic mass is 32.1. The third-order valence-electron chi connectivity index (χ3n) is 2.71. The highest BCUT2D eigenvalue weighted by Crippen LogP contribution is 2.15. The summed E-state index contributed by atoms with van der Waals surface area (Å²) in [4.78, 5) is 2.79. The smallest absolute Gasteiger partial charge is 0.0303 e. The van der Waals surface area contributed by atoms with Crippen LogP contribution < -0.4 is 5.32 Å². The Morgan fingerprint density at radius 3 is 2.24 bits per heavy atom. The molecular formula is C15H19NS. The van der Waals surface area contributed by atoms with Gasteiger partial charge in [-0.1, -0.05) is 29.3 Å². The highest BCUT2D eigenvalue weighted by Gasteiger charge is 1.98. The molecule has 0 radical (unpaired) electrons. The van der Waals surface area contributed by atoms with Crippen LogP contribution in [-0.4, -0.2) is 0 Å². The molecule has 0 fully saturated rings. The fourth-order valence-electron chi connectivity index (χ4n) is 2.08. The van der Waals surface area contributed by atoms with Crippen LogP contribution in [0.5, 0.6) is 0 Å². The molecular weight excluding hydrogens is 226 g/mol. The van der Waals surface area contributed by atoms with Crippen molar-refractivity contribution >= 4 is 11.3 Å². The van der Waals surface area contributed by atoms with Gasteiger partial charge in [0, 0.05) is 22.8 Å². The molecule has 0 aliphatic rings. The standard InChI is InChI=1S/C15H19NS/c1-11-6-12(2)8-14(7-11)9-16-10-15-5-4-13(3)17-15/h4-8,16H,9-10H2,1-3H3. The molecule has 2 heteroatoms. The van der Waals surface area contributed by atoms with E-state index in [0.717, 1.165) is 13.1 Å². The Kier molecular flexibility index (Phi) is 3.97. The number of aryl methyl sites for hydroxylation is 3. The molecule has 0 saturated heterocycles. The molecule has 0 amide bonds. The number of hydrogen-bond acceptors (Lipinski definition) is 2. The first-order valence-corrected chi connectivity index (χ1v) is 6.78. The summed E-state index contributed by atoms with van der Waals surface area (Å²) in [5.41, 5.74) is 4.05. The third kappa shape index (κ3) is 3.69. The molecule has 1 aromatic carbocycles. The van der Waals surface area contributed by atoms with Crippen LogP contribution in [0.25, 0.3) is 0 Å². The van der Waals surface area contributed by atoms with E-state index in [2.05, 4.69) is 56.4 Å². The fraction of sp³-hybridized carbons (Fsp3) is 0.333. The van der Waals surface area contributed by atoms with Crippen molar-refractivity contribution < 1.29 is 0 Å². The van der Waals surface area contributed by atoms with Gasteiger partial charge in [0.1, 0.15) is 0 Å². The lowest BCUT2D eigenvalue weighted by Crippen LogP contribution is -2.11. The number of benzene rings is 1. The molecule has 2 aromatic rings. The van der Waals surface area contributed by atoms with Crippen LogP contribution in [0, 0.1) is 20.8 Å². The summed E-state index contributed by atoms with van der Waals surface area (Å²) in [5.74, 6) is 0. The highest BCUT2D eigenvalue weighted by molar-refractivity contribution is 7.11. The van der Waals surface area contributed by atoms with Gasteiger partial charge in [-0.05, 0) is 38.5 Å². The second kappa shape index (κ2) is 5.48. The van der Waals surface area contributed by atoms with Crippen molar-refractivity contribution in [2.45, 2.75) is 33.9 Å². The Morgan fingerprint density at radius 2 is 1.65 bits per heavy atom. The second-order valence-corrected chi connectivity index (χ2v) is 5.98. The van der Waals surface area contributed by atoms with Crippen molar-refractivity contribution in [2.75, 3.05) is 0 Å². The monoisotopic (exact) mass is 245 g/mol. The predicted octanol–water partition coefficient (Wildman–Crippen LogP) is 3.96. The van der Waals surface area contributed by atoms with Gasteiger partial charge in [-0.3, -0.25) is 0 Å². The zero-order chi connectivity index (χ0) is 12.3.